The van der Waals surface area contributed by atoms with Gasteiger partial charge in [-0.2, -0.15) is 5.10 Å². The van der Waals surface area contributed by atoms with E-state index in [1.165, 1.54) is 31.5 Å². The second-order valence-electron chi connectivity index (χ2n) is 7.02. The van der Waals surface area contributed by atoms with Crippen LogP contribution < -0.4 is 4.90 Å². The molecule has 4 nitrogen and oxygen atoms in total. The van der Waals surface area contributed by atoms with Gasteiger partial charge in [0.25, 0.3) is 0 Å². The Morgan fingerprint density at radius 1 is 1.05 bits per heavy atom. The van der Waals surface area contributed by atoms with Gasteiger partial charge in [-0.15, -0.1) is 0 Å². The molecule has 0 bridgehead atoms. The topological polar surface area (TPSA) is 24.3 Å². The Morgan fingerprint density at radius 2 is 1.77 bits per heavy atom. The molecule has 0 unspecified atom stereocenters. The van der Waals surface area contributed by atoms with Gasteiger partial charge in [0.1, 0.15) is 0 Å². The molecule has 2 saturated heterocycles. The number of likely N-dealkylation sites (tertiary alicyclic amines) is 1. The zero-order valence-electron chi connectivity index (χ0n) is 13.3. The highest BCUT2D eigenvalue weighted by molar-refractivity contribution is 5.38. The first-order chi connectivity index (χ1) is 10.7. The number of anilines is 1. The quantitative estimate of drug-likeness (QED) is 0.869. The highest BCUT2D eigenvalue weighted by Gasteiger charge is 2.43. The second-order valence-corrected chi connectivity index (χ2v) is 7.02. The number of hydrogen-bond acceptors (Lipinski definition) is 3. The summed E-state index contributed by atoms with van der Waals surface area (Å²) >= 11 is 0. The molecule has 4 heteroatoms. The van der Waals surface area contributed by atoms with Crippen molar-refractivity contribution in [2.45, 2.75) is 19.4 Å². The molecular weight excluding hydrogens is 272 g/mol. The summed E-state index contributed by atoms with van der Waals surface area (Å²) in [4.78, 5) is 4.88. The molecule has 1 aromatic heterocycles. The van der Waals surface area contributed by atoms with Crippen LogP contribution in [-0.2, 0) is 6.54 Å². The van der Waals surface area contributed by atoms with Crippen molar-refractivity contribution in [3.05, 3.63) is 48.2 Å². The Morgan fingerprint density at radius 3 is 2.45 bits per heavy atom. The van der Waals surface area contributed by atoms with Gasteiger partial charge in [0.15, 0.2) is 5.82 Å². The fraction of sp³-hybridized carbons (Fsp3) is 0.500. The number of piperidine rings is 1. The SMILES string of the molecule is CN1CC2(CCN(c3ccn(Cc4ccccc4)n3)CC2)C1. The van der Waals surface area contributed by atoms with E-state index in [1.807, 2.05) is 4.68 Å². The van der Waals surface area contributed by atoms with E-state index in [4.69, 9.17) is 5.10 Å². The van der Waals surface area contributed by atoms with Crippen LogP contribution in [0, 0.1) is 5.41 Å². The van der Waals surface area contributed by atoms with Gasteiger partial charge in [-0.3, -0.25) is 4.68 Å². The molecule has 2 aliphatic rings. The fourth-order valence-electron chi connectivity index (χ4n) is 4.00. The molecule has 0 atom stereocenters. The van der Waals surface area contributed by atoms with Crippen LogP contribution >= 0.6 is 0 Å². The van der Waals surface area contributed by atoms with Gasteiger partial charge in [0.2, 0.25) is 0 Å². The van der Waals surface area contributed by atoms with E-state index in [1.54, 1.807) is 0 Å². The normalized spacial score (nSPS) is 21.0. The minimum Gasteiger partial charge on any atom is -0.355 e. The molecule has 2 aromatic rings. The molecule has 4 rings (SSSR count). The number of hydrogen-bond donors (Lipinski definition) is 0. The zero-order valence-corrected chi connectivity index (χ0v) is 13.3. The maximum Gasteiger partial charge on any atom is 0.150 e. The first kappa shape index (κ1) is 13.8. The monoisotopic (exact) mass is 296 g/mol. The minimum absolute atomic E-state index is 0.609. The van der Waals surface area contributed by atoms with Crippen molar-refractivity contribution in [2.24, 2.45) is 5.41 Å². The molecule has 1 spiro atoms. The van der Waals surface area contributed by atoms with Crippen LogP contribution in [0.25, 0.3) is 0 Å². The molecule has 0 aliphatic carbocycles. The predicted molar refractivity (Wildman–Crippen MR) is 89.1 cm³/mol. The molecule has 3 heterocycles. The Bertz CT molecular complexity index is 618. The maximum absolute atomic E-state index is 4.77. The van der Waals surface area contributed by atoms with Crippen molar-refractivity contribution < 1.29 is 0 Å². The van der Waals surface area contributed by atoms with Crippen molar-refractivity contribution in [2.75, 3.05) is 38.1 Å². The predicted octanol–water partition coefficient (Wildman–Crippen LogP) is 2.46. The third-order valence-electron chi connectivity index (χ3n) is 5.17. The highest BCUT2D eigenvalue weighted by atomic mass is 15.3. The van der Waals surface area contributed by atoms with Crippen molar-refractivity contribution in [1.29, 1.82) is 0 Å². The van der Waals surface area contributed by atoms with Crippen molar-refractivity contribution in [1.82, 2.24) is 14.7 Å². The van der Waals surface area contributed by atoms with Crippen LogP contribution in [0.2, 0.25) is 0 Å². The molecule has 1 aromatic carbocycles. The van der Waals surface area contributed by atoms with Gasteiger partial charge >= 0.3 is 0 Å². The standard InChI is InChI=1S/C18H24N4/c1-20-14-18(15-20)8-11-21(12-9-18)17-7-10-22(19-17)13-16-5-3-2-4-6-16/h2-7,10H,8-9,11-15H2,1H3. The van der Waals surface area contributed by atoms with E-state index >= 15 is 0 Å². The molecular formula is C18H24N4. The Balaban J connectivity index is 1.38. The molecule has 116 valence electrons. The summed E-state index contributed by atoms with van der Waals surface area (Å²) in [6, 6.07) is 12.7. The Labute approximate surface area is 132 Å². The molecule has 0 amide bonds. The second kappa shape index (κ2) is 5.43. The van der Waals surface area contributed by atoms with E-state index < -0.39 is 0 Å². The summed E-state index contributed by atoms with van der Waals surface area (Å²) in [5.41, 5.74) is 1.91. The molecule has 2 aliphatic heterocycles. The van der Waals surface area contributed by atoms with E-state index in [0.717, 1.165) is 25.5 Å². The lowest BCUT2D eigenvalue weighted by molar-refractivity contribution is 0.00120. The summed E-state index contributed by atoms with van der Waals surface area (Å²) in [6.45, 7) is 5.71. The van der Waals surface area contributed by atoms with Crippen LogP contribution in [0.3, 0.4) is 0 Å². The van der Waals surface area contributed by atoms with E-state index in [2.05, 4.69) is 59.4 Å². The summed E-state index contributed by atoms with van der Waals surface area (Å²) in [6.07, 6.45) is 4.72. The van der Waals surface area contributed by atoms with Crippen LogP contribution in [-0.4, -0.2) is 47.9 Å². The van der Waals surface area contributed by atoms with Gasteiger partial charge < -0.3 is 9.80 Å². The largest absolute Gasteiger partial charge is 0.355 e. The van der Waals surface area contributed by atoms with E-state index in [9.17, 15) is 0 Å². The number of nitrogens with zero attached hydrogens (tertiary/aromatic N) is 4. The first-order valence-corrected chi connectivity index (χ1v) is 8.23. The average Bonchev–Trinajstić information content (AvgIpc) is 2.96. The van der Waals surface area contributed by atoms with Crippen LogP contribution in [0.5, 0.6) is 0 Å². The van der Waals surface area contributed by atoms with E-state index in [0.29, 0.717) is 5.41 Å². The number of benzene rings is 1. The van der Waals surface area contributed by atoms with E-state index in [-0.39, 0.29) is 0 Å². The van der Waals surface area contributed by atoms with Gasteiger partial charge in [-0.25, -0.2) is 0 Å². The number of aromatic nitrogens is 2. The maximum atomic E-state index is 4.77. The highest BCUT2D eigenvalue weighted by Crippen LogP contribution is 2.40. The third-order valence-corrected chi connectivity index (χ3v) is 5.17. The molecule has 22 heavy (non-hydrogen) atoms. The zero-order chi connectivity index (χ0) is 15.0. The lowest BCUT2D eigenvalue weighted by Crippen LogP contribution is -2.58. The third kappa shape index (κ3) is 2.63. The molecule has 2 fully saturated rings. The van der Waals surface area contributed by atoms with Crippen molar-refractivity contribution in [3.8, 4) is 0 Å². The summed E-state index contributed by atoms with van der Waals surface area (Å²) in [5, 5.41) is 4.77. The molecule has 0 saturated carbocycles. The minimum atomic E-state index is 0.609. The molecule has 0 N–H and O–H groups in total. The van der Waals surface area contributed by atoms with Gasteiger partial charge in [-0.05, 0) is 30.9 Å². The van der Waals surface area contributed by atoms with Gasteiger partial charge in [-0.1, -0.05) is 30.3 Å². The van der Waals surface area contributed by atoms with Gasteiger partial charge in [0, 0.05) is 38.4 Å². The fourth-order valence-corrected chi connectivity index (χ4v) is 4.00. The summed E-state index contributed by atoms with van der Waals surface area (Å²) in [5.74, 6) is 1.14. The lowest BCUT2D eigenvalue weighted by atomic mass is 9.72. The van der Waals surface area contributed by atoms with Crippen LogP contribution in [0.15, 0.2) is 42.6 Å². The van der Waals surface area contributed by atoms with Crippen molar-refractivity contribution >= 4 is 5.82 Å². The lowest BCUT2D eigenvalue weighted by Gasteiger charge is -2.53. The van der Waals surface area contributed by atoms with Crippen LogP contribution in [0.1, 0.15) is 18.4 Å². The summed E-state index contributed by atoms with van der Waals surface area (Å²) < 4.78 is 2.05. The molecule has 0 radical (unpaired) electrons. The first-order valence-electron chi connectivity index (χ1n) is 8.23. The summed E-state index contributed by atoms with van der Waals surface area (Å²) in [7, 11) is 2.23. The average molecular weight is 296 g/mol. The van der Waals surface area contributed by atoms with Crippen molar-refractivity contribution in [3.63, 3.8) is 0 Å². The Kier molecular flexibility index (Phi) is 3.41. The van der Waals surface area contributed by atoms with Gasteiger partial charge in [0.05, 0.1) is 6.54 Å². The number of rotatable bonds is 3. The smallest absolute Gasteiger partial charge is 0.150 e. The Hall–Kier alpha value is -1.81. The van der Waals surface area contributed by atoms with Crippen LogP contribution in [0.4, 0.5) is 5.82 Å².